The van der Waals surface area contributed by atoms with Gasteiger partial charge in [0.2, 0.25) is 0 Å². The van der Waals surface area contributed by atoms with E-state index in [1.54, 1.807) is 0 Å². The van der Waals surface area contributed by atoms with E-state index < -0.39 is 0 Å². The molecule has 0 bridgehead atoms. The number of rotatable bonds is 5. The lowest BCUT2D eigenvalue weighted by atomic mass is 9.89. The molecule has 1 atom stereocenters. The average Bonchev–Trinajstić information content (AvgIpc) is 2.44. The van der Waals surface area contributed by atoms with E-state index in [1.807, 2.05) is 0 Å². The molecule has 1 nitrogen and oxygen atoms in total. The third kappa shape index (κ3) is 5.01. The number of hydrogen-bond acceptors (Lipinski definition) is 1. The van der Waals surface area contributed by atoms with Crippen molar-refractivity contribution in [1.82, 2.24) is 4.90 Å². The Balaban J connectivity index is 2.20. The fraction of sp³-hybridized carbons (Fsp3) is 1.00. The minimum atomic E-state index is 0.889. The Bertz CT molecular complexity index is 153. The highest BCUT2D eigenvalue weighted by Gasteiger charge is 2.18. The zero-order chi connectivity index (χ0) is 11.1. The maximum Gasteiger partial charge on any atom is -0.00160 e. The summed E-state index contributed by atoms with van der Waals surface area (Å²) >= 11 is 0. The van der Waals surface area contributed by atoms with Gasteiger partial charge in [0.05, 0.1) is 0 Å². The maximum atomic E-state index is 2.69. The molecule has 1 heteroatoms. The average molecular weight is 211 g/mol. The standard InChI is InChI=1S/C14H29N/c1-4-5-6-10-15-11-7-8-14(9-12-15)13(2)3/h13-14H,4-12H2,1-3H3. The van der Waals surface area contributed by atoms with Crippen molar-refractivity contribution in [1.29, 1.82) is 0 Å². The van der Waals surface area contributed by atoms with Crippen molar-refractivity contribution >= 4 is 0 Å². The number of nitrogens with zero attached hydrogens (tertiary/aromatic N) is 1. The summed E-state index contributed by atoms with van der Waals surface area (Å²) in [7, 11) is 0. The van der Waals surface area contributed by atoms with Crippen LogP contribution in [0.2, 0.25) is 0 Å². The van der Waals surface area contributed by atoms with Crippen molar-refractivity contribution in [3.8, 4) is 0 Å². The van der Waals surface area contributed by atoms with E-state index in [9.17, 15) is 0 Å². The molecule has 1 heterocycles. The summed E-state index contributed by atoms with van der Waals surface area (Å²) in [5.74, 6) is 1.88. The lowest BCUT2D eigenvalue weighted by Gasteiger charge is -2.21. The molecule has 15 heavy (non-hydrogen) atoms. The third-order valence-electron chi connectivity index (χ3n) is 3.89. The van der Waals surface area contributed by atoms with Gasteiger partial charge < -0.3 is 4.90 Å². The second-order valence-electron chi connectivity index (χ2n) is 5.48. The van der Waals surface area contributed by atoms with Gasteiger partial charge in [0.15, 0.2) is 0 Å². The zero-order valence-electron chi connectivity index (χ0n) is 11.0. The molecule has 1 rings (SSSR count). The largest absolute Gasteiger partial charge is 0.303 e. The van der Waals surface area contributed by atoms with Gasteiger partial charge >= 0.3 is 0 Å². The summed E-state index contributed by atoms with van der Waals surface area (Å²) in [6.45, 7) is 11.1. The van der Waals surface area contributed by atoms with Crippen molar-refractivity contribution in [3.05, 3.63) is 0 Å². The van der Waals surface area contributed by atoms with Crippen LogP contribution in [0.3, 0.4) is 0 Å². The Kier molecular flexibility index (Phi) is 6.31. The van der Waals surface area contributed by atoms with E-state index in [4.69, 9.17) is 0 Å². The quantitative estimate of drug-likeness (QED) is 0.623. The van der Waals surface area contributed by atoms with Gasteiger partial charge in [0, 0.05) is 0 Å². The molecule has 1 saturated heterocycles. The van der Waals surface area contributed by atoms with Gasteiger partial charge in [-0.15, -0.1) is 0 Å². The van der Waals surface area contributed by atoms with Gasteiger partial charge in [-0.25, -0.2) is 0 Å². The molecule has 90 valence electrons. The van der Waals surface area contributed by atoms with Crippen LogP contribution in [0.15, 0.2) is 0 Å². The monoisotopic (exact) mass is 211 g/mol. The molecule has 0 amide bonds. The molecular formula is C14H29N. The fourth-order valence-corrected chi connectivity index (χ4v) is 2.66. The van der Waals surface area contributed by atoms with Crippen LogP contribution in [-0.2, 0) is 0 Å². The SMILES string of the molecule is CCCCCN1CCCC(C(C)C)CC1. The van der Waals surface area contributed by atoms with Crippen LogP contribution < -0.4 is 0 Å². The first-order valence-corrected chi connectivity index (χ1v) is 6.96. The molecule has 0 aromatic heterocycles. The smallest absolute Gasteiger partial charge is 0.00160 e. The molecule has 1 aliphatic heterocycles. The minimum absolute atomic E-state index is 0.889. The Morgan fingerprint density at radius 3 is 2.60 bits per heavy atom. The van der Waals surface area contributed by atoms with Gasteiger partial charge in [0.1, 0.15) is 0 Å². The first-order valence-electron chi connectivity index (χ1n) is 6.96. The molecule has 0 radical (unpaired) electrons. The lowest BCUT2D eigenvalue weighted by molar-refractivity contribution is 0.267. The fourth-order valence-electron chi connectivity index (χ4n) is 2.66. The summed E-state index contributed by atoms with van der Waals surface area (Å²) in [4.78, 5) is 2.69. The molecule has 0 aromatic rings. The first-order chi connectivity index (χ1) is 7.24. The van der Waals surface area contributed by atoms with Crippen molar-refractivity contribution in [2.45, 2.75) is 59.3 Å². The molecule has 0 aromatic carbocycles. The summed E-state index contributed by atoms with van der Waals surface area (Å²) < 4.78 is 0. The van der Waals surface area contributed by atoms with E-state index in [-0.39, 0.29) is 0 Å². The first kappa shape index (κ1) is 13.0. The summed E-state index contributed by atoms with van der Waals surface area (Å²) in [6, 6.07) is 0. The molecule has 1 fully saturated rings. The normalized spacial score (nSPS) is 24.4. The molecule has 1 aliphatic rings. The topological polar surface area (TPSA) is 3.24 Å². The summed E-state index contributed by atoms with van der Waals surface area (Å²) in [5.41, 5.74) is 0. The van der Waals surface area contributed by atoms with Gasteiger partial charge in [-0.1, -0.05) is 33.6 Å². The number of hydrogen-bond donors (Lipinski definition) is 0. The molecule has 0 spiro atoms. The Hall–Kier alpha value is -0.0400. The molecule has 0 saturated carbocycles. The van der Waals surface area contributed by atoms with E-state index >= 15 is 0 Å². The van der Waals surface area contributed by atoms with Crippen LogP contribution in [0.25, 0.3) is 0 Å². The summed E-state index contributed by atoms with van der Waals surface area (Å²) in [6.07, 6.45) is 8.48. The predicted octanol–water partition coefficient (Wildman–Crippen LogP) is 3.93. The Labute approximate surface area is 96.2 Å². The number of likely N-dealkylation sites (tertiary alicyclic amines) is 1. The summed E-state index contributed by atoms with van der Waals surface area (Å²) in [5, 5.41) is 0. The van der Waals surface area contributed by atoms with E-state index in [2.05, 4.69) is 25.7 Å². The van der Waals surface area contributed by atoms with Crippen LogP contribution >= 0.6 is 0 Å². The van der Waals surface area contributed by atoms with Gasteiger partial charge in [-0.05, 0) is 57.2 Å². The highest BCUT2D eigenvalue weighted by molar-refractivity contribution is 4.72. The van der Waals surface area contributed by atoms with Crippen LogP contribution in [-0.4, -0.2) is 24.5 Å². The number of unbranched alkanes of at least 4 members (excludes halogenated alkanes) is 2. The Morgan fingerprint density at radius 1 is 1.13 bits per heavy atom. The van der Waals surface area contributed by atoms with Crippen LogP contribution in [0.5, 0.6) is 0 Å². The van der Waals surface area contributed by atoms with Crippen LogP contribution in [0.4, 0.5) is 0 Å². The lowest BCUT2D eigenvalue weighted by Crippen LogP contribution is -2.26. The van der Waals surface area contributed by atoms with E-state index in [0.29, 0.717) is 0 Å². The molecular weight excluding hydrogens is 182 g/mol. The van der Waals surface area contributed by atoms with Gasteiger partial charge in [-0.3, -0.25) is 0 Å². The maximum absolute atomic E-state index is 2.69. The highest BCUT2D eigenvalue weighted by Crippen LogP contribution is 2.24. The molecule has 0 aliphatic carbocycles. The Morgan fingerprint density at radius 2 is 1.93 bits per heavy atom. The van der Waals surface area contributed by atoms with Gasteiger partial charge in [-0.2, -0.15) is 0 Å². The van der Waals surface area contributed by atoms with Crippen molar-refractivity contribution < 1.29 is 0 Å². The highest BCUT2D eigenvalue weighted by atomic mass is 15.1. The molecule has 1 unspecified atom stereocenters. The van der Waals surface area contributed by atoms with Crippen molar-refractivity contribution in [2.75, 3.05) is 19.6 Å². The van der Waals surface area contributed by atoms with Crippen LogP contribution in [0, 0.1) is 11.8 Å². The minimum Gasteiger partial charge on any atom is -0.303 e. The van der Waals surface area contributed by atoms with Gasteiger partial charge in [0.25, 0.3) is 0 Å². The van der Waals surface area contributed by atoms with E-state index in [1.165, 1.54) is 58.2 Å². The second kappa shape index (κ2) is 7.27. The van der Waals surface area contributed by atoms with Crippen molar-refractivity contribution in [3.63, 3.8) is 0 Å². The van der Waals surface area contributed by atoms with Crippen molar-refractivity contribution in [2.24, 2.45) is 11.8 Å². The zero-order valence-corrected chi connectivity index (χ0v) is 11.0. The van der Waals surface area contributed by atoms with Crippen LogP contribution in [0.1, 0.15) is 59.3 Å². The predicted molar refractivity (Wildman–Crippen MR) is 68.1 cm³/mol. The molecule has 0 N–H and O–H groups in total. The van der Waals surface area contributed by atoms with E-state index in [0.717, 1.165) is 11.8 Å². The second-order valence-corrected chi connectivity index (χ2v) is 5.48. The third-order valence-corrected chi connectivity index (χ3v) is 3.89.